The highest BCUT2D eigenvalue weighted by Crippen LogP contribution is 2.04. The van der Waals surface area contributed by atoms with Gasteiger partial charge in [0, 0.05) is 12.7 Å². The molecule has 15 heavy (non-hydrogen) atoms. The van der Waals surface area contributed by atoms with E-state index in [-0.39, 0.29) is 6.61 Å². The number of hydrogen-bond donors (Lipinski definition) is 2. The maximum atomic E-state index is 8.71. The lowest BCUT2D eigenvalue weighted by Gasteiger charge is -2.00. The lowest BCUT2D eigenvalue weighted by atomic mass is 10.5. The molecule has 1 aromatic heterocycles. The summed E-state index contributed by atoms with van der Waals surface area (Å²) < 4.78 is 1.63. The molecule has 0 unspecified atom stereocenters. The van der Waals surface area contributed by atoms with Crippen molar-refractivity contribution in [2.75, 3.05) is 18.5 Å². The van der Waals surface area contributed by atoms with Crippen LogP contribution in [0.5, 0.6) is 0 Å². The number of rotatable bonds is 4. The number of aliphatic hydroxyl groups excluding tert-OH is 1. The third kappa shape index (κ3) is 3.51. The highest BCUT2D eigenvalue weighted by Gasteiger charge is 1.99. The highest BCUT2D eigenvalue weighted by atomic mass is 16.3. The molecule has 0 radical (unpaired) electrons. The first-order valence-electron chi connectivity index (χ1n) is 4.71. The first-order valence-corrected chi connectivity index (χ1v) is 4.71. The average Bonchev–Trinajstić information content (AvgIpc) is 2.66. The Labute approximate surface area is 88.4 Å². The number of aliphatic hydroxyl groups is 1. The third-order valence-corrected chi connectivity index (χ3v) is 1.68. The van der Waals surface area contributed by atoms with Crippen molar-refractivity contribution >= 4 is 18.4 Å². The van der Waals surface area contributed by atoms with Crippen LogP contribution < -0.4 is 5.32 Å². The molecule has 0 aliphatic carbocycles. The Morgan fingerprint density at radius 3 is 3.13 bits per heavy atom. The number of hydrogen-bond acceptors (Lipinski definition) is 3. The molecule has 6 nitrogen and oxygen atoms in total. The summed E-state index contributed by atoms with van der Waals surface area (Å²) in [4.78, 5) is 7.81. The number of aliphatic imine (C=N–C) groups is 2. The van der Waals surface area contributed by atoms with Crippen LogP contribution in [0.3, 0.4) is 0 Å². The average molecular weight is 209 g/mol. The minimum Gasteiger partial charge on any atom is -0.394 e. The summed E-state index contributed by atoms with van der Waals surface area (Å²) in [6, 6.07) is 0. The molecule has 0 aliphatic rings. The molecule has 0 aliphatic heterocycles. The van der Waals surface area contributed by atoms with Crippen molar-refractivity contribution in [3.63, 3.8) is 0 Å². The zero-order valence-corrected chi connectivity index (χ0v) is 8.72. The van der Waals surface area contributed by atoms with E-state index in [9.17, 15) is 0 Å². The fourth-order valence-corrected chi connectivity index (χ4v) is 1.06. The van der Waals surface area contributed by atoms with Crippen LogP contribution in [0.2, 0.25) is 0 Å². The number of guanidine groups is 1. The summed E-state index contributed by atoms with van der Waals surface area (Å²) in [6.45, 7) is 6.51. The van der Waals surface area contributed by atoms with Crippen LogP contribution in [0.15, 0.2) is 22.4 Å². The van der Waals surface area contributed by atoms with Crippen LogP contribution in [0, 0.1) is 0 Å². The zero-order chi connectivity index (χ0) is 11.1. The number of nitrogens with one attached hydrogen (secondary N) is 1. The minimum atomic E-state index is 0.0662. The van der Waals surface area contributed by atoms with Gasteiger partial charge in [-0.3, -0.25) is 9.67 Å². The van der Waals surface area contributed by atoms with Gasteiger partial charge in [-0.1, -0.05) is 0 Å². The standard InChI is InChI=1S/C9H15N5O/c1-3-11-9(10-2)13-8-6-12-14(7-8)4-5-15/h6-7,15H,2-5H2,1H3,(H,11,13). The second-order valence-corrected chi connectivity index (χ2v) is 2.80. The van der Waals surface area contributed by atoms with E-state index in [0.717, 1.165) is 5.69 Å². The van der Waals surface area contributed by atoms with Crippen molar-refractivity contribution in [2.24, 2.45) is 9.98 Å². The topological polar surface area (TPSA) is 74.8 Å². The van der Waals surface area contributed by atoms with Crippen LogP contribution in [0.25, 0.3) is 0 Å². The fraction of sp³-hybridized carbons (Fsp3) is 0.444. The lowest BCUT2D eigenvalue weighted by Crippen LogP contribution is -2.08. The molecule has 0 saturated heterocycles. The molecule has 0 atom stereocenters. The smallest absolute Gasteiger partial charge is 0.221 e. The monoisotopic (exact) mass is 209 g/mol. The summed E-state index contributed by atoms with van der Waals surface area (Å²) in [7, 11) is 0. The Balaban J connectivity index is 2.63. The van der Waals surface area contributed by atoms with Gasteiger partial charge in [-0.25, -0.2) is 4.99 Å². The van der Waals surface area contributed by atoms with Crippen molar-refractivity contribution in [1.29, 1.82) is 0 Å². The van der Waals surface area contributed by atoms with E-state index in [0.29, 0.717) is 19.0 Å². The summed E-state index contributed by atoms with van der Waals surface area (Å²) in [5, 5.41) is 15.7. The van der Waals surface area contributed by atoms with Crippen LogP contribution in [-0.4, -0.2) is 40.7 Å². The van der Waals surface area contributed by atoms with Crippen molar-refractivity contribution in [2.45, 2.75) is 13.5 Å². The van der Waals surface area contributed by atoms with Gasteiger partial charge in [0.2, 0.25) is 5.96 Å². The van der Waals surface area contributed by atoms with Gasteiger partial charge in [0.15, 0.2) is 0 Å². The van der Waals surface area contributed by atoms with Crippen LogP contribution in [0.4, 0.5) is 5.69 Å². The van der Waals surface area contributed by atoms with E-state index < -0.39 is 0 Å². The molecular formula is C9H15N5O. The third-order valence-electron chi connectivity index (χ3n) is 1.68. The molecule has 2 N–H and O–H groups in total. The molecule has 82 valence electrons. The molecule has 1 aromatic rings. The Hall–Kier alpha value is -1.69. The van der Waals surface area contributed by atoms with Gasteiger partial charge in [-0.05, 0) is 13.6 Å². The van der Waals surface area contributed by atoms with E-state index in [4.69, 9.17) is 5.11 Å². The highest BCUT2D eigenvalue weighted by molar-refractivity contribution is 5.96. The van der Waals surface area contributed by atoms with Crippen LogP contribution in [0.1, 0.15) is 6.92 Å². The van der Waals surface area contributed by atoms with Crippen LogP contribution in [-0.2, 0) is 6.54 Å². The maximum Gasteiger partial charge on any atom is 0.221 e. The SMILES string of the molecule is C=NC(=NCC)Nc1cnn(CCO)c1. The summed E-state index contributed by atoms with van der Waals surface area (Å²) >= 11 is 0. The van der Waals surface area contributed by atoms with E-state index in [1.807, 2.05) is 6.92 Å². The van der Waals surface area contributed by atoms with Gasteiger partial charge in [0.05, 0.1) is 25.0 Å². The molecule has 1 rings (SSSR count). The molecule has 0 aromatic carbocycles. The largest absolute Gasteiger partial charge is 0.394 e. The van der Waals surface area contributed by atoms with Crippen molar-refractivity contribution < 1.29 is 5.11 Å². The normalized spacial score (nSPS) is 11.5. The van der Waals surface area contributed by atoms with Gasteiger partial charge in [-0.2, -0.15) is 5.10 Å². The molecule has 0 saturated carbocycles. The number of aromatic nitrogens is 2. The lowest BCUT2D eigenvalue weighted by molar-refractivity contribution is 0.269. The predicted octanol–water partition coefficient (Wildman–Crippen LogP) is 0.364. The Bertz CT molecular complexity index is 344. The van der Waals surface area contributed by atoms with E-state index in [2.05, 4.69) is 27.1 Å². The Morgan fingerprint density at radius 1 is 1.73 bits per heavy atom. The van der Waals surface area contributed by atoms with Gasteiger partial charge in [0.25, 0.3) is 0 Å². The van der Waals surface area contributed by atoms with Crippen molar-refractivity contribution in [1.82, 2.24) is 9.78 Å². The maximum absolute atomic E-state index is 8.71. The fourth-order valence-electron chi connectivity index (χ4n) is 1.06. The molecule has 0 fully saturated rings. The minimum absolute atomic E-state index is 0.0662. The second-order valence-electron chi connectivity index (χ2n) is 2.80. The molecule has 1 heterocycles. The summed E-state index contributed by atoms with van der Waals surface area (Å²) in [5.74, 6) is 0.473. The molecule has 6 heteroatoms. The molecule has 0 amide bonds. The van der Waals surface area contributed by atoms with E-state index in [1.54, 1.807) is 17.1 Å². The summed E-state index contributed by atoms with van der Waals surface area (Å²) in [5.41, 5.74) is 0.781. The zero-order valence-electron chi connectivity index (χ0n) is 8.72. The number of nitrogens with zero attached hydrogens (tertiary/aromatic N) is 4. The van der Waals surface area contributed by atoms with Gasteiger partial charge in [-0.15, -0.1) is 0 Å². The van der Waals surface area contributed by atoms with Gasteiger partial charge >= 0.3 is 0 Å². The Morgan fingerprint density at radius 2 is 2.53 bits per heavy atom. The molecule has 0 spiro atoms. The van der Waals surface area contributed by atoms with Crippen molar-refractivity contribution in [3.05, 3.63) is 12.4 Å². The van der Waals surface area contributed by atoms with Gasteiger partial charge in [0.1, 0.15) is 0 Å². The van der Waals surface area contributed by atoms with E-state index >= 15 is 0 Å². The first-order chi connectivity index (χ1) is 7.30. The molecular weight excluding hydrogens is 194 g/mol. The van der Waals surface area contributed by atoms with Gasteiger partial charge < -0.3 is 10.4 Å². The molecule has 0 bridgehead atoms. The quantitative estimate of drug-likeness (QED) is 0.555. The second kappa shape index (κ2) is 5.92. The summed E-state index contributed by atoms with van der Waals surface area (Å²) in [6.07, 6.45) is 3.42. The number of anilines is 1. The van der Waals surface area contributed by atoms with Crippen LogP contribution >= 0.6 is 0 Å². The van der Waals surface area contributed by atoms with Crippen molar-refractivity contribution in [3.8, 4) is 0 Å². The van der Waals surface area contributed by atoms with E-state index in [1.165, 1.54) is 0 Å². The Kier molecular flexibility index (Phi) is 4.49. The first kappa shape index (κ1) is 11.4. The predicted molar refractivity (Wildman–Crippen MR) is 60.5 cm³/mol.